The van der Waals surface area contributed by atoms with Crippen LogP contribution in [0.4, 0.5) is 5.69 Å². The summed E-state index contributed by atoms with van der Waals surface area (Å²) in [5.74, 6) is 0.735. The monoisotopic (exact) mass is 444 g/mol. The molecule has 4 aromatic rings. The van der Waals surface area contributed by atoms with Crippen LogP contribution in [0.3, 0.4) is 0 Å². The Morgan fingerprint density at radius 1 is 0.879 bits per heavy atom. The van der Waals surface area contributed by atoms with Crippen molar-refractivity contribution in [3.05, 3.63) is 90.2 Å². The van der Waals surface area contributed by atoms with E-state index in [4.69, 9.17) is 13.9 Å². The van der Waals surface area contributed by atoms with E-state index in [-0.39, 0.29) is 24.9 Å². The fourth-order valence-corrected chi connectivity index (χ4v) is 3.35. The van der Waals surface area contributed by atoms with Crippen molar-refractivity contribution < 1.29 is 23.5 Å². The topological polar surface area (TPSA) is 89.8 Å². The van der Waals surface area contributed by atoms with Crippen LogP contribution >= 0.6 is 0 Å². The number of hydrogen-bond acceptors (Lipinski definition) is 5. The molecule has 33 heavy (non-hydrogen) atoms. The fourth-order valence-electron chi connectivity index (χ4n) is 3.35. The highest BCUT2D eigenvalue weighted by Crippen LogP contribution is 2.28. The van der Waals surface area contributed by atoms with Gasteiger partial charge in [0.05, 0.1) is 0 Å². The summed E-state index contributed by atoms with van der Waals surface area (Å²) >= 11 is 0. The van der Waals surface area contributed by atoms with E-state index in [2.05, 4.69) is 10.6 Å². The zero-order chi connectivity index (χ0) is 23.0. The van der Waals surface area contributed by atoms with E-state index in [1.165, 1.54) is 0 Å². The highest BCUT2D eigenvalue weighted by molar-refractivity contribution is 6.06. The predicted molar refractivity (Wildman–Crippen MR) is 126 cm³/mol. The lowest BCUT2D eigenvalue weighted by Gasteiger charge is -2.10. The SMILES string of the molecule is CCNC(=O)COc1cccc(NC(=O)c2oc3ccccc3c2COc2ccccc2)c1. The number of benzene rings is 3. The third kappa shape index (κ3) is 5.51. The average molecular weight is 444 g/mol. The zero-order valence-corrected chi connectivity index (χ0v) is 18.2. The number of carbonyl (C=O) groups is 2. The Morgan fingerprint density at radius 3 is 2.45 bits per heavy atom. The highest BCUT2D eigenvalue weighted by atomic mass is 16.5. The van der Waals surface area contributed by atoms with Crippen LogP contribution in [0.2, 0.25) is 0 Å². The summed E-state index contributed by atoms with van der Waals surface area (Å²) in [6.07, 6.45) is 0. The molecule has 0 unspecified atom stereocenters. The molecule has 0 saturated heterocycles. The van der Waals surface area contributed by atoms with Crippen LogP contribution in [0.1, 0.15) is 23.0 Å². The summed E-state index contributed by atoms with van der Waals surface area (Å²) in [5.41, 5.74) is 1.78. The molecule has 0 spiro atoms. The van der Waals surface area contributed by atoms with Gasteiger partial charge in [-0.2, -0.15) is 0 Å². The molecule has 0 aliphatic rings. The maximum absolute atomic E-state index is 13.1. The van der Waals surface area contributed by atoms with E-state index in [1.54, 1.807) is 24.3 Å². The van der Waals surface area contributed by atoms with Gasteiger partial charge in [0.15, 0.2) is 12.4 Å². The van der Waals surface area contributed by atoms with Gasteiger partial charge in [0.1, 0.15) is 23.7 Å². The second-order valence-electron chi connectivity index (χ2n) is 7.23. The van der Waals surface area contributed by atoms with Crippen molar-refractivity contribution in [3.8, 4) is 11.5 Å². The molecule has 2 N–H and O–H groups in total. The first-order valence-corrected chi connectivity index (χ1v) is 10.6. The Balaban J connectivity index is 1.52. The molecule has 0 atom stereocenters. The molecule has 0 aliphatic carbocycles. The van der Waals surface area contributed by atoms with Gasteiger partial charge in [0.2, 0.25) is 0 Å². The molecule has 1 heterocycles. The quantitative estimate of drug-likeness (QED) is 0.388. The number of carbonyl (C=O) groups excluding carboxylic acids is 2. The van der Waals surface area contributed by atoms with Crippen LogP contribution in [0.25, 0.3) is 11.0 Å². The van der Waals surface area contributed by atoms with Crippen molar-refractivity contribution >= 4 is 28.5 Å². The maximum atomic E-state index is 13.1. The number of likely N-dealkylation sites (N-methyl/N-ethyl adjacent to an activating group) is 1. The number of furan rings is 1. The van der Waals surface area contributed by atoms with Gasteiger partial charge in [0.25, 0.3) is 11.8 Å². The molecule has 0 aliphatic heterocycles. The second-order valence-corrected chi connectivity index (χ2v) is 7.23. The molecule has 1 aromatic heterocycles. The minimum Gasteiger partial charge on any atom is -0.489 e. The third-order valence-electron chi connectivity index (χ3n) is 4.87. The van der Waals surface area contributed by atoms with Crippen molar-refractivity contribution in [1.29, 1.82) is 0 Å². The zero-order valence-electron chi connectivity index (χ0n) is 18.2. The molecule has 2 amide bonds. The van der Waals surface area contributed by atoms with E-state index < -0.39 is 5.91 Å². The molecule has 7 heteroatoms. The van der Waals surface area contributed by atoms with Crippen LogP contribution in [-0.4, -0.2) is 25.0 Å². The summed E-state index contributed by atoms with van der Waals surface area (Å²) in [7, 11) is 0. The van der Waals surface area contributed by atoms with Gasteiger partial charge in [-0.1, -0.05) is 42.5 Å². The lowest BCUT2D eigenvalue weighted by Crippen LogP contribution is -2.28. The summed E-state index contributed by atoms with van der Waals surface area (Å²) < 4.78 is 17.3. The fraction of sp³-hybridized carbons (Fsp3) is 0.154. The van der Waals surface area contributed by atoms with Crippen LogP contribution in [0.5, 0.6) is 11.5 Å². The van der Waals surface area contributed by atoms with Crippen LogP contribution in [-0.2, 0) is 11.4 Å². The number of rotatable bonds is 9. The molecule has 168 valence electrons. The highest BCUT2D eigenvalue weighted by Gasteiger charge is 2.21. The lowest BCUT2D eigenvalue weighted by molar-refractivity contribution is -0.122. The van der Waals surface area contributed by atoms with Gasteiger partial charge >= 0.3 is 0 Å². The minimum atomic E-state index is -0.404. The normalized spacial score (nSPS) is 10.6. The number of para-hydroxylation sites is 2. The van der Waals surface area contributed by atoms with Crippen molar-refractivity contribution in [3.63, 3.8) is 0 Å². The average Bonchev–Trinajstić information content (AvgIpc) is 3.21. The summed E-state index contributed by atoms with van der Waals surface area (Å²) in [6, 6.07) is 23.7. The van der Waals surface area contributed by atoms with Crippen molar-refractivity contribution in [2.75, 3.05) is 18.5 Å². The van der Waals surface area contributed by atoms with E-state index in [9.17, 15) is 9.59 Å². The Labute approximate surface area is 191 Å². The smallest absolute Gasteiger partial charge is 0.291 e. The maximum Gasteiger partial charge on any atom is 0.291 e. The molecular formula is C26H24N2O5. The van der Waals surface area contributed by atoms with Gasteiger partial charge in [0, 0.05) is 29.2 Å². The molecule has 0 saturated carbocycles. The van der Waals surface area contributed by atoms with E-state index >= 15 is 0 Å². The van der Waals surface area contributed by atoms with Crippen molar-refractivity contribution in [1.82, 2.24) is 5.32 Å². The molecular weight excluding hydrogens is 420 g/mol. The van der Waals surface area contributed by atoms with Gasteiger partial charge < -0.3 is 24.5 Å². The van der Waals surface area contributed by atoms with Crippen molar-refractivity contribution in [2.24, 2.45) is 0 Å². The van der Waals surface area contributed by atoms with Gasteiger partial charge in [-0.15, -0.1) is 0 Å². The first-order chi connectivity index (χ1) is 16.1. The van der Waals surface area contributed by atoms with Crippen molar-refractivity contribution in [2.45, 2.75) is 13.5 Å². The summed E-state index contributed by atoms with van der Waals surface area (Å²) in [6.45, 7) is 2.45. The first kappa shape index (κ1) is 22.0. The number of hydrogen-bond donors (Lipinski definition) is 2. The van der Waals surface area contributed by atoms with Gasteiger partial charge in [-0.3, -0.25) is 9.59 Å². The molecule has 0 radical (unpaired) electrons. The second kappa shape index (κ2) is 10.4. The number of anilines is 1. The van der Waals surface area contributed by atoms with Crippen LogP contribution in [0, 0.1) is 0 Å². The minimum absolute atomic E-state index is 0.101. The Hall–Kier alpha value is -4.26. The number of ether oxygens (including phenoxy) is 2. The number of amides is 2. The lowest BCUT2D eigenvalue weighted by atomic mass is 10.1. The first-order valence-electron chi connectivity index (χ1n) is 10.6. The third-order valence-corrected chi connectivity index (χ3v) is 4.87. The predicted octanol–water partition coefficient (Wildman–Crippen LogP) is 4.78. The number of nitrogens with one attached hydrogen (secondary N) is 2. The largest absolute Gasteiger partial charge is 0.489 e. The van der Waals surface area contributed by atoms with Gasteiger partial charge in [-0.25, -0.2) is 0 Å². The Bertz CT molecular complexity index is 1250. The van der Waals surface area contributed by atoms with Gasteiger partial charge in [-0.05, 0) is 37.3 Å². The van der Waals surface area contributed by atoms with Crippen LogP contribution < -0.4 is 20.1 Å². The summed E-state index contributed by atoms with van der Waals surface area (Å²) in [4.78, 5) is 24.7. The molecule has 7 nitrogen and oxygen atoms in total. The van der Waals surface area contributed by atoms with Crippen LogP contribution in [0.15, 0.2) is 83.3 Å². The molecule has 0 fully saturated rings. The van der Waals surface area contributed by atoms with E-state index in [0.717, 1.165) is 5.39 Å². The Morgan fingerprint density at radius 2 is 1.64 bits per heavy atom. The Kier molecular flexibility index (Phi) is 6.90. The van der Waals surface area contributed by atoms with E-state index in [1.807, 2.05) is 61.5 Å². The molecule has 3 aromatic carbocycles. The molecule has 0 bridgehead atoms. The number of fused-ring (bicyclic) bond motifs is 1. The standard InChI is InChI=1S/C26H24N2O5/c1-2-27-24(29)17-32-20-12-8-9-18(15-20)28-26(30)25-22(16-31-19-10-4-3-5-11-19)21-13-6-7-14-23(21)33-25/h3-15H,2,16-17H2,1H3,(H,27,29)(H,28,30). The molecule has 4 rings (SSSR count). The summed E-state index contributed by atoms with van der Waals surface area (Å²) in [5, 5.41) is 6.33. The van der Waals surface area contributed by atoms with E-state index in [0.29, 0.717) is 34.9 Å².